The Kier molecular flexibility index (Phi) is 6.31. The fraction of sp³-hybridized carbons (Fsp3) is 0.286. The second-order valence-corrected chi connectivity index (χ2v) is 7.26. The SMILES string of the molecule is C[C@H](NC(=O)c1ccccc1Cl)C(=O)NCc1cccc(NC(=O)C2CC2)c1. The highest BCUT2D eigenvalue weighted by molar-refractivity contribution is 6.33. The summed E-state index contributed by atoms with van der Waals surface area (Å²) in [4.78, 5) is 36.4. The molecule has 0 radical (unpaired) electrons. The highest BCUT2D eigenvalue weighted by atomic mass is 35.5. The van der Waals surface area contributed by atoms with Crippen LogP contribution >= 0.6 is 11.6 Å². The molecule has 1 atom stereocenters. The van der Waals surface area contributed by atoms with Crippen molar-refractivity contribution in [3.05, 3.63) is 64.7 Å². The maximum atomic E-state index is 12.3. The normalized spacial score (nSPS) is 14.1. The van der Waals surface area contributed by atoms with E-state index < -0.39 is 11.9 Å². The minimum absolute atomic E-state index is 0.0390. The fourth-order valence-electron chi connectivity index (χ4n) is 2.68. The van der Waals surface area contributed by atoms with Gasteiger partial charge in [-0.1, -0.05) is 35.9 Å². The van der Waals surface area contributed by atoms with Crippen LogP contribution in [0.25, 0.3) is 0 Å². The summed E-state index contributed by atoms with van der Waals surface area (Å²) in [6, 6.07) is 13.3. The van der Waals surface area contributed by atoms with E-state index in [-0.39, 0.29) is 24.3 Å². The van der Waals surface area contributed by atoms with Crippen molar-refractivity contribution < 1.29 is 14.4 Å². The lowest BCUT2D eigenvalue weighted by Gasteiger charge is -2.15. The molecule has 0 heterocycles. The van der Waals surface area contributed by atoms with E-state index in [1.807, 2.05) is 24.3 Å². The molecule has 1 fully saturated rings. The Morgan fingerprint density at radius 2 is 1.86 bits per heavy atom. The average Bonchev–Trinajstić information content (AvgIpc) is 3.52. The molecule has 6 nitrogen and oxygen atoms in total. The Balaban J connectivity index is 1.51. The van der Waals surface area contributed by atoms with Crippen molar-refractivity contribution in [2.45, 2.75) is 32.4 Å². The van der Waals surface area contributed by atoms with Crippen molar-refractivity contribution in [1.29, 1.82) is 0 Å². The van der Waals surface area contributed by atoms with Crippen molar-refractivity contribution >= 4 is 35.0 Å². The smallest absolute Gasteiger partial charge is 0.253 e. The lowest BCUT2D eigenvalue weighted by atomic mass is 10.1. The molecule has 0 aliphatic heterocycles. The van der Waals surface area contributed by atoms with Crippen molar-refractivity contribution in [1.82, 2.24) is 10.6 Å². The summed E-state index contributed by atoms with van der Waals surface area (Å²) in [6.07, 6.45) is 1.89. The Labute approximate surface area is 168 Å². The first-order valence-corrected chi connectivity index (χ1v) is 9.55. The molecule has 2 aromatic carbocycles. The molecule has 3 N–H and O–H groups in total. The standard InChI is InChI=1S/C21H22ClN3O3/c1-13(24-21(28)17-7-2-3-8-18(17)22)19(26)23-12-14-5-4-6-16(11-14)25-20(27)15-9-10-15/h2-8,11,13,15H,9-10,12H2,1H3,(H,23,26)(H,24,28)(H,25,27)/t13-/m0/s1. The lowest BCUT2D eigenvalue weighted by Crippen LogP contribution is -2.44. The molecule has 28 heavy (non-hydrogen) atoms. The number of hydrogen-bond acceptors (Lipinski definition) is 3. The zero-order valence-corrected chi connectivity index (χ0v) is 16.3. The topological polar surface area (TPSA) is 87.3 Å². The molecule has 0 saturated heterocycles. The number of halogens is 1. The molecule has 1 saturated carbocycles. The Hall–Kier alpha value is -2.86. The fourth-order valence-corrected chi connectivity index (χ4v) is 2.90. The number of benzene rings is 2. The minimum atomic E-state index is -0.721. The average molecular weight is 400 g/mol. The van der Waals surface area contributed by atoms with Crippen LogP contribution in [0.1, 0.15) is 35.7 Å². The van der Waals surface area contributed by atoms with Crippen LogP contribution in [-0.2, 0) is 16.1 Å². The Morgan fingerprint density at radius 1 is 1.11 bits per heavy atom. The van der Waals surface area contributed by atoms with Gasteiger partial charge in [-0.05, 0) is 49.6 Å². The Morgan fingerprint density at radius 3 is 2.57 bits per heavy atom. The van der Waals surface area contributed by atoms with Crippen molar-refractivity contribution in [2.24, 2.45) is 5.92 Å². The number of nitrogens with one attached hydrogen (secondary N) is 3. The van der Waals surface area contributed by atoms with Crippen LogP contribution in [-0.4, -0.2) is 23.8 Å². The highest BCUT2D eigenvalue weighted by Gasteiger charge is 2.29. The number of rotatable bonds is 7. The number of carbonyl (C=O) groups excluding carboxylic acids is 3. The highest BCUT2D eigenvalue weighted by Crippen LogP contribution is 2.30. The van der Waals surface area contributed by atoms with Gasteiger partial charge in [0.15, 0.2) is 0 Å². The minimum Gasteiger partial charge on any atom is -0.350 e. The third-order valence-corrected chi connectivity index (χ3v) is 4.80. The monoisotopic (exact) mass is 399 g/mol. The van der Waals surface area contributed by atoms with Gasteiger partial charge < -0.3 is 16.0 Å². The number of carbonyl (C=O) groups is 3. The molecule has 1 aliphatic rings. The van der Waals surface area contributed by atoms with Gasteiger partial charge in [0.1, 0.15) is 6.04 Å². The number of amides is 3. The molecular formula is C21H22ClN3O3. The van der Waals surface area contributed by atoms with Crippen molar-refractivity contribution in [3.63, 3.8) is 0 Å². The van der Waals surface area contributed by atoms with E-state index in [0.29, 0.717) is 16.3 Å². The van der Waals surface area contributed by atoms with Gasteiger partial charge in [-0.3, -0.25) is 14.4 Å². The van der Waals surface area contributed by atoms with E-state index in [9.17, 15) is 14.4 Å². The summed E-state index contributed by atoms with van der Waals surface area (Å²) in [5.41, 5.74) is 1.89. The molecule has 3 amide bonds. The summed E-state index contributed by atoms with van der Waals surface area (Å²) in [7, 11) is 0. The van der Waals surface area contributed by atoms with Crippen LogP contribution in [0.15, 0.2) is 48.5 Å². The van der Waals surface area contributed by atoms with E-state index in [1.165, 1.54) is 0 Å². The molecule has 7 heteroatoms. The van der Waals surface area contributed by atoms with Gasteiger partial charge in [0.05, 0.1) is 10.6 Å². The third kappa shape index (κ3) is 5.33. The van der Waals surface area contributed by atoms with E-state index in [1.54, 1.807) is 31.2 Å². The van der Waals surface area contributed by atoms with E-state index in [2.05, 4.69) is 16.0 Å². The van der Waals surface area contributed by atoms with Crippen LogP contribution in [0.3, 0.4) is 0 Å². The molecule has 0 aromatic heterocycles. The summed E-state index contributed by atoms with van der Waals surface area (Å²) >= 11 is 6.01. The van der Waals surface area contributed by atoms with Crippen molar-refractivity contribution in [3.8, 4) is 0 Å². The quantitative estimate of drug-likeness (QED) is 0.668. The molecular weight excluding hydrogens is 378 g/mol. The lowest BCUT2D eigenvalue weighted by molar-refractivity contribution is -0.122. The van der Waals surface area contributed by atoms with Gasteiger partial charge in [-0.2, -0.15) is 0 Å². The van der Waals surface area contributed by atoms with Gasteiger partial charge in [0.25, 0.3) is 5.91 Å². The third-order valence-electron chi connectivity index (χ3n) is 4.47. The largest absolute Gasteiger partial charge is 0.350 e. The predicted molar refractivity (Wildman–Crippen MR) is 108 cm³/mol. The van der Waals surface area contributed by atoms with E-state index in [4.69, 9.17) is 11.6 Å². The first-order valence-electron chi connectivity index (χ1n) is 9.17. The van der Waals surface area contributed by atoms with Crippen LogP contribution in [0.5, 0.6) is 0 Å². The van der Waals surface area contributed by atoms with Gasteiger partial charge in [0.2, 0.25) is 11.8 Å². The molecule has 146 valence electrons. The van der Waals surface area contributed by atoms with Crippen LogP contribution in [0, 0.1) is 5.92 Å². The first kappa shape index (κ1) is 19.9. The number of hydrogen-bond donors (Lipinski definition) is 3. The van der Waals surface area contributed by atoms with Crippen LogP contribution in [0.2, 0.25) is 5.02 Å². The molecule has 2 aromatic rings. The van der Waals surface area contributed by atoms with Crippen molar-refractivity contribution in [2.75, 3.05) is 5.32 Å². The molecule has 1 aliphatic carbocycles. The van der Waals surface area contributed by atoms with E-state index in [0.717, 1.165) is 18.4 Å². The summed E-state index contributed by atoms with van der Waals surface area (Å²) in [5.74, 6) is -0.547. The second kappa shape index (κ2) is 8.89. The predicted octanol–water partition coefficient (Wildman–Crippen LogP) is 3.12. The van der Waals surface area contributed by atoms with Crippen LogP contribution in [0.4, 0.5) is 5.69 Å². The van der Waals surface area contributed by atoms with Gasteiger partial charge in [-0.25, -0.2) is 0 Å². The van der Waals surface area contributed by atoms with Gasteiger partial charge in [0, 0.05) is 18.2 Å². The van der Waals surface area contributed by atoms with Gasteiger partial charge >= 0.3 is 0 Å². The Bertz CT molecular complexity index is 896. The van der Waals surface area contributed by atoms with E-state index >= 15 is 0 Å². The van der Waals surface area contributed by atoms with Gasteiger partial charge in [-0.15, -0.1) is 0 Å². The molecule has 0 unspecified atom stereocenters. The zero-order valence-electron chi connectivity index (χ0n) is 15.5. The van der Waals surface area contributed by atoms with Crippen LogP contribution < -0.4 is 16.0 Å². The molecule has 0 bridgehead atoms. The molecule has 0 spiro atoms. The summed E-state index contributed by atoms with van der Waals surface area (Å²) in [6.45, 7) is 1.90. The zero-order chi connectivity index (χ0) is 20.1. The summed E-state index contributed by atoms with van der Waals surface area (Å²) in [5, 5.41) is 8.64. The second-order valence-electron chi connectivity index (χ2n) is 6.86. The maximum Gasteiger partial charge on any atom is 0.253 e. The first-order chi connectivity index (χ1) is 13.4. The number of anilines is 1. The maximum absolute atomic E-state index is 12.3. The summed E-state index contributed by atoms with van der Waals surface area (Å²) < 4.78 is 0. The molecule has 3 rings (SSSR count).